The SMILES string of the molecule is O=C(NC(CCc1ccccc1)C(=O)O)c1ccc(Br)o1. The number of amides is 1. The van der Waals surface area contributed by atoms with Gasteiger partial charge in [0.2, 0.25) is 0 Å². The summed E-state index contributed by atoms with van der Waals surface area (Å²) in [7, 11) is 0. The molecule has 5 nitrogen and oxygen atoms in total. The molecule has 0 bridgehead atoms. The summed E-state index contributed by atoms with van der Waals surface area (Å²) >= 11 is 3.09. The van der Waals surface area contributed by atoms with Gasteiger partial charge >= 0.3 is 5.97 Å². The molecule has 0 aliphatic carbocycles. The molecule has 21 heavy (non-hydrogen) atoms. The number of carboxylic acids is 1. The number of rotatable bonds is 6. The van der Waals surface area contributed by atoms with Gasteiger partial charge in [0.05, 0.1) is 0 Å². The van der Waals surface area contributed by atoms with Crippen molar-refractivity contribution in [3.05, 3.63) is 58.5 Å². The first-order valence-corrected chi connectivity index (χ1v) is 7.18. The van der Waals surface area contributed by atoms with Crippen LogP contribution in [-0.2, 0) is 11.2 Å². The molecule has 1 atom stereocenters. The molecule has 0 saturated heterocycles. The second-order valence-corrected chi connectivity index (χ2v) is 5.27. The average molecular weight is 352 g/mol. The fraction of sp³-hybridized carbons (Fsp3) is 0.200. The topological polar surface area (TPSA) is 79.5 Å². The first-order valence-electron chi connectivity index (χ1n) is 6.39. The third-order valence-electron chi connectivity index (χ3n) is 2.96. The summed E-state index contributed by atoms with van der Waals surface area (Å²) in [5.41, 5.74) is 1.03. The maximum atomic E-state index is 11.9. The van der Waals surface area contributed by atoms with Crippen LogP contribution in [0.2, 0.25) is 0 Å². The molecule has 0 radical (unpaired) electrons. The van der Waals surface area contributed by atoms with Gasteiger partial charge in [-0.2, -0.15) is 0 Å². The van der Waals surface area contributed by atoms with E-state index in [0.29, 0.717) is 17.5 Å². The number of carbonyl (C=O) groups is 2. The van der Waals surface area contributed by atoms with Crippen LogP contribution in [0.15, 0.2) is 51.6 Å². The minimum absolute atomic E-state index is 0.0767. The van der Waals surface area contributed by atoms with E-state index >= 15 is 0 Å². The van der Waals surface area contributed by atoms with Crippen molar-refractivity contribution in [1.82, 2.24) is 5.32 Å². The van der Waals surface area contributed by atoms with E-state index in [9.17, 15) is 14.7 Å². The van der Waals surface area contributed by atoms with Gasteiger partial charge in [0.25, 0.3) is 5.91 Å². The van der Waals surface area contributed by atoms with E-state index in [0.717, 1.165) is 5.56 Å². The Morgan fingerprint density at radius 3 is 2.48 bits per heavy atom. The predicted molar refractivity (Wildman–Crippen MR) is 80.1 cm³/mol. The summed E-state index contributed by atoms with van der Waals surface area (Å²) in [4.78, 5) is 23.1. The van der Waals surface area contributed by atoms with Gasteiger partial charge in [0.15, 0.2) is 10.4 Å². The van der Waals surface area contributed by atoms with Gasteiger partial charge in [-0.25, -0.2) is 4.79 Å². The van der Waals surface area contributed by atoms with Crippen LogP contribution in [0.5, 0.6) is 0 Å². The van der Waals surface area contributed by atoms with Gasteiger partial charge in [-0.05, 0) is 46.5 Å². The molecule has 1 heterocycles. The predicted octanol–water partition coefficient (Wildman–Crippen LogP) is 2.86. The standard InChI is InChI=1S/C15H14BrNO4/c16-13-9-8-12(21-13)14(18)17-11(15(19)20)7-6-10-4-2-1-3-5-10/h1-5,8-9,11H,6-7H2,(H,17,18)(H,19,20). The van der Waals surface area contributed by atoms with E-state index < -0.39 is 17.9 Å². The molecular weight excluding hydrogens is 338 g/mol. The second-order valence-electron chi connectivity index (χ2n) is 4.49. The van der Waals surface area contributed by atoms with Crippen LogP contribution < -0.4 is 5.32 Å². The molecule has 1 amide bonds. The second kappa shape index (κ2) is 7.08. The highest BCUT2D eigenvalue weighted by Crippen LogP contribution is 2.14. The highest BCUT2D eigenvalue weighted by atomic mass is 79.9. The molecule has 2 aromatic rings. The van der Waals surface area contributed by atoms with Crippen molar-refractivity contribution < 1.29 is 19.1 Å². The highest BCUT2D eigenvalue weighted by molar-refractivity contribution is 9.10. The minimum atomic E-state index is -1.06. The van der Waals surface area contributed by atoms with E-state index in [4.69, 9.17) is 4.42 Å². The monoisotopic (exact) mass is 351 g/mol. The summed E-state index contributed by atoms with van der Waals surface area (Å²) in [6.07, 6.45) is 0.882. The smallest absolute Gasteiger partial charge is 0.326 e. The Hall–Kier alpha value is -2.08. The maximum absolute atomic E-state index is 11.9. The van der Waals surface area contributed by atoms with Crippen LogP contribution in [0.3, 0.4) is 0 Å². The van der Waals surface area contributed by atoms with Crippen molar-refractivity contribution in [2.45, 2.75) is 18.9 Å². The molecule has 1 aromatic carbocycles. The van der Waals surface area contributed by atoms with Gasteiger partial charge in [-0.3, -0.25) is 4.79 Å². The van der Waals surface area contributed by atoms with E-state index in [1.54, 1.807) is 6.07 Å². The molecule has 2 rings (SSSR count). The summed E-state index contributed by atoms with van der Waals surface area (Å²) in [6, 6.07) is 11.6. The Morgan fingerprint density at radius 1 is 1.19 bits per heavy atom. The number of nitrogens with one attached hydrogen (secondary N) is 1. The minimum Gasteiger partial charge on any atom is -0.480 e. The number of aryl methyl sites for hydroxylation is 1. The van der Waals surface area contributed by atoms with Gasteiger partial charge in [-0.15, -0.1) is 0 Å². The molecule has 0 spiro atoms. The van der Waals surface area contributed by atoms with Crippen molar-refractivity contribution in [2.75, 3.05) is 0 Å². The third-order valence-corrected chi connectivity index (χ3v) is 3.39. The zero-order valence-corrected chi connectivity index (χ0v) is 12.7. The highest BCUT2D eigenvalue weighted by Gasteiger charge is 2.22. The van der Waals surface area contributed by atoms with Crippen LogP contribution in [0.4, 0.5) is 0 Å². The molecule has 0 fully saturated rings. The first-order chi connectivity index (χ1) is 10.1. The molecule has 2 N–H and O–H groups in total. The van der Waals surface area contributed by atoms with Gasteiger partial charge in [0.1, 0.15) is 6.04 Å². The molecule has 1 aromatic heterocycles. The molecule has 0 saturated carbocycles. The quantitative estimate of drug-likeness (QED) is 0.838. The van der Waals surface area contributed by atoms with Gasteiger partial charge < -0.3 is 14.8 Å². The number of carboxylic acid groups (broad SMARTS) is 1. The van der Waals surface area contributed by atoms with Gasteiger partial charge in [-0.1, -0.05) is 30.3 Å². The fourth-order valence-corrected chi connectivity index (χ4v) is 2.19. The van der Waals surface area contributed by atoms with Crippen molar-refractivity contribution in [2.24, 2.45) is 0 Å². The van der Waals surface area contributed by atoms with Gasteiger partial charge in [0, 0.05) is 0 Å². The summed E-state index contributed by atoms with van der Waals surface area (Å²) in [5, 5.41) is 11.7. The number of hydrogen-bond acceptors (Lipinski definition) is 3. The van der Waals surface area contributed by atoms with E-state index in [1.807, 2.05) is 30.3 Å². The molecule has 1 unspecified atom stereocenters. The average Bonchev–Trinajstić information content (AvgIpc) is 2.90. The number of halogens is 1. The van der Waals surface area contributed by atoms with Crippen LogP contribution in [0.1, 0.15) is 22.5 Å². The van der Waals surface area contributed by atoms with Crippen molar-refractivity contribution in [3.63, 3.8) is 0 Å². The lowest BCUT2D eigenvalue weighted by atomic mass is 10.1. The zero-order valence-electron chi connectivity index (χ0n) is 11.1. The van der Waals surface area contributed by atoms with E-state index in [2.05, 4.69) is 21.2 Å². The third kappa shape index (κ3) is 4.46. The Bertz CT molecular complexity index is 624. The summed E-state index contributed by atoms with van der Waals surface area (Å²) < 4.78 is 5.52. The number of aliphatic carboxylic acids is 1. The number of hydrogen-bond donors (Lipinski definition) is 2. The van der Waals surface area contributed by atoms with Crippen LogP contribution in [0, 0.1) is 0 Å². The van der Waals surface area contributed by atoms with Crippen molar-refractivity contribution in [1.29, 1.82) is 0 Å². The lowest BCUT2D eigenvalue weighted by Crippen LogP contribution is -2.41. The van der Waals surface area contributed by atoms with Crippen LogP contribution in [-0.4, -0.2) is 23.0 Å². The lowest BCUT2D eigenvalue weighted by molar-refractivity contribution is -0.139. The normalized spacial score (nSPS) is 11.9. The van der Waals surface area contributed by atoms with Crippen LogP contribution >= 0.6 is 15.9 Å². The number of furan rings is 1. The van der Waals surface area contributed by atoms with E-state index in [-0.39, 0.29) is 5.76 Å². The molecule has 6 heteroatoms. The Balaban J connectivity index is 1.96. The Kier molecular flexibility index (Phi) is 5.16. The molecule has 110 valence electrons. The Labute approximate surface area is 130 Å². The summed E-state index contributed by atoms with van der Waals surface area (Å²) in [5.74, 6) is -1.53. The lowest BCUT2D eigenvalue weighted by Gasteiger charge is -2.13. The Morgan fingerprint density at radius 2 is 1.90 bits per heavy atom. The number of benzene rings is 1. The molecule has 0 aliphatic heterocycles. The van der Waals surface area contributed by atoms with Crippen molar-refractivity contribution in [3.8, 4) is 0 Å². The van der Waals surface area contributed by atoms with E-state index in [1.165, 1.54) is 6.07 Å². The number of carbonyl (C=O) groups excluding carboxylic acids is 1. The molecular formula is C15H14BrNO4. The zero-order chi connectivity index (χ0) is 15.2. The largest absolute Gasteiger partial charge is 0.480 e. The van der Waals surface area contributed by atoms with Crippen LogP contribution in [0.25, 0.3) is 0 Å². The first kappa shape index (κ1) is 15.3. The van der Waals surface area contributed by atoms with Crippen molar-refractivity contribution >= 4 is 27.8 Å². The molecule has 0 aliphatic rings. The fourth-order valence-electron chi connectivity index (χ4n) is 1.88. The maximum Gasteiger partial charge on any atom is 0.326 e. The summed E-state index contributed by atoms with van der Waals surface area (Å²) in [6.45, 7) is 0.